The van der Waals surface area contributed by atoms with Gasteiger partial charge in [-0.3, -0.25) is 9.79 Å². The standard InChI is InChI=1S/C17H25ClN6OS.HI/c1-5-19-17(24(4)10-14-8-13(18)9-23(14)3)21-7-6-20-16(25)15-12(2)22-11-26-15;/h8-9,11H,5-7,10H2,1-4H3,(H,19,21)(H,20,25);1H. The lowest BCUT2D eigenvalue weighted by Gasteiger charge is -2.22. The Kier molecular flexibility index (Phi) is 10.1. The lowest BCUT2D eigenvalue weighted by Crippen LogP contribution is -2.39. The Hall–Kier alpha value is -1.33. The first-order valence-electron chi connectivity index (χ1n) is 8.40. The summed E-state index contributed by atoms with van der Waals surface area (Å²) < 4.78 is 2.00. The molecule has 0 spiro atoms. The van der Waals surface area contributed by atoms with Crippen LogP contribution < -0.4 is 10.6 Å². The molecule has 2 aromatic rings. The Morgan fingerprint density at radius 2 is 2.19 bits per heavy atom. The summed E-state index contributed by atoms with van der Waals surface area (Å²) in [5.41, 5.74) is 3.53. The van der Waals surface area contributed by atoms with Gasteiger partial charge in [0.1, 0.15) is 4.88 Å². The van der Waals surface area contributed by atoms with E-state index in [1.54, 1.807) is 5.51 Å². The number of carbonyl (C=O) groups excluding carboxylic acids is 1. The molecule has 2 rings (SSSR count). The van der Waals surface area contributed by atoms with E-state index in [-0.39, 0.29) is 29.9 Å². The summed E-state index contributed by atoms with van der Waals surface area (Å²) in [5.74, 6) is 0.685. The van der Waals surface area contributed by atoms with Crippen molar-refractivity contribution in [2.45, 2.75) is 20.4 Å². The van der Waals surface area contributed by atoms with Crippen LogP contribution >= 0.6 is 46.9 Å². The van der Waals surface area contributed by atoms with Gasteiger partial charge in [0.05, 0.1) is 29.3 Å². The van der Waals surface area contributed by atoms with E-state index in [1.165, 1.54) is 11.3 Å². The van der Waals surface area contributed by atoms with Crippen molar-refractivity contribution in [2.75, 3.05) is 26.7 Å². The number of aryl methyl sites for hydroxylation is 2. The topological polar surface area (TPSA) is 74.5 Å². The number of aromatic nitrogens is 2. The first-order chi connectivity index (χ1) is 12.4. The number of hydrogen-bond acceptors (Lipinski definition) is 4. The molecule has 150 valence electrons. The lowest BCUT2D eigenvalue weighted by atomic mass is 10.4. The average molecular weight is 525 g/mol. The molecule has 0 unspecified atom stereocenters. The Morgan fingerprint density at radius 3 is 2.74 bits per heavy atom. The first kappa shape index (κ1) is 23.7. The highest BCUT2D eigenvalue weighted by molar-refractivity contribution is 14.0. The van der Waals surface area contributed by atoms with Crippen LogP contribution in [0.4, 0.5) is 0 Å². The van der Waals surface area contributed by atoms with Crippen molar-refractivity contribution in [2.24, 2.45) is 12.0 Å². The highest BCUT2D eigenvalue weighted by Crippen LogP contribution is 2.14. The minimum Gasteiger partial charge on any atom is -0.357 e. The van der Waals surface area contributed by atoms with Gasteiger partial charge in [0.25, 0.3) is 5.91 Å². The zero-order valence-electron chi connectivity index (χ0n) is 16.0. The van der Waals surface area contributed by atoms with Crippen LogP contribution in [-0.4, -0.2) is 53.0 Å². The highest BCUT2D eigenvalue weighted by Gasteiger charge is 2.12. The molecule has 0 aliphatic rings. The van der Waals surface area contributed by atoms with Gasteiger partial charge in [-0.25, -0.2) is 4.98 Å². The van der Waals surface area contributed by atoms with E-state index < -0.39 is 0 Å². The zero-order chi connectivity index (χ0) is 19.1. The van der Waals surface area contributed by atoms with Gasteiger partial charge in [-0.2, -0.15) is 0 Å². The Labute approximate surface area is 186 Å². The largest absolute Gasteiger partial charge is 0.357 e. The number of hydrogen-bond donors (Lipinski definition) is 2. The van der Waals surface area contributed by atoms with Crippen LogP contribution in [0.2, 0.25) is 5.02 Å². The Morgan fingerprint density at radius 1 is 1.44 bits per heavy atom. The maximum absolute atomic E-state index is 12.1. The molecular weight excluding hydrogens is 499 g/mol. The fourth-order valence-corrected chi connectivity index (χ4v) is 3.43. The van der Waals surface area contributed by atoms with Crippen LogP contribution in [0.25, 0.3) is 0 Å². The lowest BCUT2D eigenvalue weighted by molar-refractivity contribution is 0.0958. The predicted molar refractivity (Wildman–Crippen MR) is 122 cm³/mol. The fourth-order valence-electron chi connectivity index (χ4n) is 2.44. The molecule has 0 radical (unpaired) electrons. The van der Waals surface area contributed by atoms with E-state index in [1.807, 2.05) is 49.7 Å². The molecule has 0 aliphatic carbocycles. The van der Waals surface area contributed by atoms with Gasteiger partial charge in [0, 0.05) is 39.1 Å². The number of nitrogens with one attached hydrogen (secondary N) is 2. The van der Waals surface area contributed by atoms with Crippen LogP contribution in [0.15, 0.2) is 22.8 Å². The Bertz CT molecular complexity index is 775. The van der Waals surface area contributed by atoms with E-state index in [4.69, 9.17) is 11.6 Å². The van der Waals surface area contributed by atoms with Gasteiger partial charge in [0.2, 0.25) is 0 Å². The predicted octanol–water partition coefficient (Wildman–Crippen LogP) is 2.89. The maximum atomic E-state index is 12.1. The number of rotatable bonds is 7. The normalized spacial score (nSPS) is 11.1. The van der Waals surface area contributed by atoms with Gasteiger partial charge in [-0.15, -0.1) is 35.3 Å². The summed E-state index contributed by atoms with van der Waals surface area (Å²) in [4.78, 5) is 23.4. The molecule has 0 aliphatic heterocycles. The fraction of sp³-hybridized carbons (Fsp3) is 0.471. The van der Waals surface area contributed by atoms with Crippen molar-refractivity contribution in [3.05, 3.63) is 39.1 Å². The Balaban J connectivity index is 0.00000364. The molecule has 0 aromatic carbocycles. The summed E-state index contributed by atoms with van der Waals surface area (Å²) in [6.45, 7) is 6.26. The first-order valence-corrected chi connectivity index (χ1v) is 9.66. The molecule has 2 aromatic heterocycles. The second kappa shape index (κ2) is 11.5. The molecule has 0 saturated carbocycles. The van der Waals surface area contributed by atoms with Crippen molar-refractivity contribution < 1.29 is 4.79 Å². The van der Waals surface area contributed by atoms with Crippen LogP contribution in [0.1, 0.15) is 28.0 Å². The van der Waals surface area contributed by atoms with Crippen molar-refractivity contribution in [1.29, 1.82) is 0 Å². The van der Waals surface area contributed by atoms with Crippen molar-refractivity contribution in [1.82, 2.24) is 25.1 Å². The van der Waals surface area contributed by atoms with Gasteiger partial charge in [-0.05, 0) is 19.9 Å². The highest BCUT2D eigenvalue weighted by atomic mass is 127. The van der Waals surface area contributed by atoms with Gasteiger partial charge >= 0.3 is 0 Å². The second-order valence-electron chi connectivity index (χ2n) is 5.88. The van der Waals surface area contributed by atoms with E-state index in [0.29, 0.717) is 24.5 Å². The van der Waals surface area contributed by atoms with Crippen molar-refractivity contribution >= 4 is 58.8 Å². The molecule has 2 heterocycles. The van der Waals surface area contributed by atoms with Crippen molar-refractivity contribution in [3.8, 4) is 0 Å². The van der Waals surface area contributed by atoms with Crippen LogP contribution in [-0.2, 0) is 13.6 Å². The van der Waals surface area contributed by atoms with Crippen molar-refractivity contribution in [3.63, 3.8) is 0 Å². The minimum absolute atomic E-state index is 0. The number of guanidine groups is 1. The molecule has 0 bridgehead atoms. The molecular formula is C17H26ClIN6OS. The zero-order valence-corrected chi connectivity index (χ0v) is 19.9. The summed E-state index contributed by atoms with van der Waals surface area (Å²) in [6.07, 6.45) is 1.88. The number of nitrogens with zero attached hydrogens (tertiary/aromatic N) is 4. The number of thiazole rings is 1. The molecule has 10 heteroatoms. The molecule has 0 atom stereocenters. The summed E-state index contributed by atoms with van der Waals surface area (Å²) >= 11 is 7.39. The third-order valence-electron chi connectivity index (χ3n) is 3.78. The van der Waals surface area contributed by atoms with Gasteiger partial charge in [0.15, 0.2) is 5.96 Å². The monoisotopic (exact) mass is 524 g/mol. The summed E-state index contributed by atoms with van der Waals surface area (Å²) in [6, 6.07) is 1.94. The molecule has 0 fully saturated rings. The molecule has 7 nitrogen and oxygen atoms in total. The molecule has 0 saturated heterocycles. The van der Waals surface area contributed by atoms with Gasteiger partial charge in [-0.1, -0.05) is 11.6 Å². The van der Waals surface area contributed by atoms with E-state index in [0.717, 1.165) is 28.9 Å². The second-order valence-corrected chi connectivity index (χ2v) is 7.17. The third-order valence-corrected chi connectivity index (χ3v) is 4.91. The van der Waals surface area contributed by atoms with Gasteiger partial charge < -0.3 is 20.1 Å². The number of aliphatic imine (C=N–C) groups is 1. The van der Waals surface area contributed by atoms with Crippen LogP contribution in [0.5, 0.6) is 0 Å². The smallest absolute Gasteiger partial charge is 0.263 e. The molecule has 1 amide bonds. The third kappa shape index (κ3) is 6.96. The average Bonchev–Trinajstić information content (AvgIpc) is 3.15. The molecule has 2 N–H and O–H groups in total. The minimum atomic E-state index is -0.1000. The summed E-state index contributed by atoms with van der Waals surface area (Å²) in [5, 5.41) is 6.87. The van der Waals surface area contributed by atoms with E-state index >= 15 is 0 Å². The SMILES string of the molecule is CCNC(=NCCNC(=O)c1scnc1C)N(C)Cc1cc(Cl)cn1C.I. The maximum Gasteiger partial charge on any atom is 0.263 e. The van der Waals surface area contributed by atoms with E-state index in [2.05, 4.69) is 20.6 Å². The van der Waals surface area contributed by atoms with E-state index in [9.17, 15) is 4.79 Å². The number of carbonyl (C=O) groups is 1. The molecule has 27 heavy (non-hydrogen) atoms. The summed E-state index contributed by atoms with van der Waals surface area (Å²) in [7, 11) is 3.94. The van der Waals surface area contributed by atoms with Crippen LogP contribution in [0.3, 0.4) is 0 Å². The quantitative estimate of drug-likeness (QED) is 0.253. The van der Waals surface area contributed by atoms with Crippen LogP contribution in [0, 0.1) is 6.92 Å². The number of halogens is 2. The number of amides is 1.